The molecule has 22 heavy (non-hydrogen) atoms. The summed E-state index contributed by atoms with van der Waals surface area (Å²) in [7, 11) is 1.48. The van der Waals surface area contributed by atoms with Gasteiger partial charge in [-0.1, -0.05) is 23.7 Å². The van der Waals surface area contributed by atoms with Gasteiger partial charge in [0, 0.05) is 20.2 Å². The lowest BCUT2D eigenvalue weighted by Gasteiger charge is -2.39. The molecule has 0 spiro atoms. The van der Waals surface area contributed by atoms with Crippen molar-refractivity contribution in [3.8, 4) is 0 Å². The molecular weight excluding hydrogens is 306 g/mol. The van der Waals surface area contributed by atoms with Gasteiger partial charge < -0.3 is 14.7 Å². The molecule has 0 aliphatic carbocycles. The fraction of sp³-hybridized carbons (Fsp3) is 0.500. The largest absolute Gasteiger partial charge is 0.481 e. The van der Waals surface area contributed by atoms with Crippen LogP contribution < -0.4 is 0 Å². The number of likely N-dealkylation sites (tertiary alicyclic amines) is 1. The van der Waals surface area contributed by atoms with Crippen LogP contribution in [-0.2, 0) is 9.53 Å². The Morgan fingerprint density at radius 1 is 1.45 bits per heavy atom. The smallest absolute Gasteiger partial charge is 0.313 e. The van der Waals surface area contributed by atoms with Crippen molar-refractivity contribution in [2.75, 3.05) is 26.8 Å². The van der Waals surface area contributed by atoms with Crippen LogP contribution in [0.5, 0.6) is 0 Å². The quantitative estimate of drug-likeness (QED) is 0.924. The van der Waals surface area contributed by atoms with E-state index in [4.69, 9.17) is 16.3 Å². The van der Waals surface area contributed by atoms with Gasteiger partial charge in [-0.25, -0.2) is 0 Å². The van der Waals surface area contributed by atoms with Gasteiger partial charge in [0.1, 0.15) is 5.41 Å². The first-order valence-corrected chi connectivity index (χ1v) is 7.56. The van der Waals surface area contributed by atoms with Crippen LogP contribution in [-0.4, -0.2) is 48.7 Å². The lowest BCUT2D eigenvalue weighted by atomic mass is 9.80. The maximum Gasteiger partial charge on any atom is 0.313 e. The second-order valence-electron chi connectivity index (χ2n) is 5.79. The summed E-state index contributed by atoms with van der Waals surface area (Å²) in [5.74, 6) is -1.16. The number of carbonyl (C=O) groups excluding carboxylic acids is 1. The van der Waals surface area contributed by atoms with Crippen LogP contribution in [0.25, 0.3) is 0 Å². The number of benzene rings is 1. The first kappa shape index (κ1) is 16.8. The number of carboxylic acids is 1. The molecule has 1 aromatic carbocycles. The molecule has 0 aromatic heterocycles. The number of rotatable bonds is 4. The summed E-state index contributed by atoms with van der Waals surface area (Å²) >= 11 is 6.21. The van der Waals surface area contributed by atoms with E-state index in [-0.39, 0.29) is 19.1 Å². The molecule has 1 amide bonds. The molecule has 1 aliphatic heterocycles. The predicted molar refractivity (Wildman–Crippen MR) is 83.3 cm³/mol. The number of nitrogens with zero attached hydrogens (tertiary/aromatic N) is 1. The molecule has 120 valence electrons. The van der Waals surface area contributed by atoms with E-state index >= 15 is 0 Å². The van der Waals surface area contributed by atoms with Crippen molar-refractivity contribution >= 4 is 23.5 Å². The standard InChI is InChI=1S/C16H20ClNO4/c1-11-5-3-6-12(13(11)17)14(19)18-8-4-7-16(9-18,10-22-2)15(20)21/h3,5-6H,4,7-10H2,1-2H3,(H,20,21). The van der Waals surface area contributed by atoms with Crippen molar-refractivity contribution in [2.45, 2.75) is 19.8 Å². The highest BCUT2D eigenvalue weighted by Crippen LogP contribution is 2.32. The Hall–Kier alpha value is -1.59. The van der Waals surface area contributed by atoms with Crippen LogP contribution in [0.4, 0.5) is 0 Å². The van der Waals surface area contributed by atoms with Crippen LogP contribution in [0.3, 0.4) is 0 Å². The number of hydrogen-bond acceptors (Lipinski definition) is 3. The van der Waals surface area contributed by atoms with E-state index in [1.165, 1.54) is 7.11 Å². The molecule has 1 aliphatic rings. The van der Waals surface area contributed by atoms with E-state index in [0.717, 1.165) is 5.56 Å². The van der Waals surface area contributed by atoms with Crippen molar-refractivity contribution in [3.63, 3.8) is 0 Å². The Kier molecular flexibility index (Phi) is 5.08. The van der Waals surface area contributed by atoms with Gasteiger partial charge >= 0.3 is 5.97 Å². The van der Waals surface area contributed by atoms with Gasteiger partial charge in [-0.05, 0) is 31.4 Å². The Labute approximate surface area is 134 Å². The van der Waals surface area contributed by atoms with Crippen molar-refractivity contribution < 1.29 is 19.4 Å². The number of piperidine rings is 1. The predicted octanol–water partition coefficient (Wildman–Crippen LogP) is 2.60. The molecule has 1 aromatic rings. The number of aryl methyl sites for hydroxylation is 1. The van der Waals surface area contributed by atoms with Gasteiger partial charge in [0.15, 0.2) is 0 Å². The average Bonchev–Trinajstić information content (AvgIpc) is 2.50. The third kappa shape index (κ3) is 3.10. The van der Waals surface area contributed by atoms with E-state index in [0.29, 0.717) is 30.0 Å². The SMILES string of the molecule is COCC1(C(=O)O)CCCN(C(=O)c2cccc(C)c2Cl)C1. The zero-order chi connectivity index (χ0) is 16.3. The average molecular weight is 326 g/mol. The maximum atomic E-state index is 12.7. The Morgan fingerprint density at radius 2 is 2.18 bits per heavy atom. The number of carbonyl (C=O) groups is 2. The summed E-state index contributed by atoms with van der Waals surface area (Å²) in [6.07, 6.45) is 1.13. The molecule has 5 nitrogen and oxygen atoms in total. The first-order valence-electron chi connectivity index (χ1n) is 7.18. The molecule has 6 heteroatoms. The maximum absolute atomic E-state index is 12.7. The summed E-state index contributed by atoms with van der Waals surface area (Å²) < 4.78 is 5.08. The minimum atomic E-state index is -1.04. The number of hydrogen-bond donors (Lipinski definition) is 1. The topological polar surface area (TPSA) is 66.8 Å². The Balaban J connectivity index is 2.27. The molecule has 0 radical (unpaired) electrons. The number of aliphatic carboxylic acids is 1. The molecule has 1 fully saturated rings. The van der Waals surface area contributed by atoms with Crippen LogP contribution in [0.1, 0.15) is 28.8 Å². The third-order valence-corrected chi connectivity index (χ3v) is 4.66. The van der Waals surface area contributed by atoms with Gasteiger partial charge in [0.25, 0.3) is 5.91 Å². The molecule has 1 N–H and O–H groups in total. The third-order valence-electron chi connectivity index (χ3n) is 4.16. The number of halogens is 1. The number of ether oxygens (including phenoxy) is 1. The van der Waals surface area contributed by atoms with Gasteiger partial charge in [-0.15, -0.1) is 0 Å². The molecule has 0 bridgehead atoms. The molecule has 0 saturated carbocycles. The zero-order valence-electron chi connectivity index (χ0n) is 12.8. The number of methoxy groups -OCH3 is 1. The number of carboxylic acid groups (broad SMARTS) is 1. The van der Waals surface area contributed by atoms with E-state index in [1.807, 2.05) is 13.0 Å². The fourth-order valence-electron chi connectivity index (χ4n) is 2.92. The highest BCUT2D eigenvalue weighted by Gasteiger charge is 2.44. The second kappa shape index (κ2) is 6.67. The molecule has 1 heterocycles. The summed E-state index contributed by atoms with van der Waals surface area (Å²) in [5, 5.41) is 9.97. The fourth-order valence-corrected chi connectivity index (χ4v) is 3.13. The summed E-state index contributed by atoms with van der Waals surface area (Å²) in [6, 6.07) is 5.28. The van der Waals surface area contributed by atoms with Crippen molar-refractivity contribution in [1.82, 2.24) is 4.90 Å². The lowest BCUT2D eigenvalue weighted by molar-refractivity contribution is -0.155. The Bertz CT molecular complexity index is 586. The minimum Gasteiger partial charge on any atom is -0.481 e. The molecule has 2 rings (SSSR count). The second-order valence-corrected chi connectivity index (χ2v) is 6.16. The molecule has 1 saturated heterocycles. The van der Waals surface area contributed by atoms with Gasteiger partial charge in [0.05, 0.1) is 17.2 Å². The molecule has 1 atom stereocenters. The van der Waals surface area contributed by atoms with Crippen LogP contribution in [0, 0.1) is 12.3 Å². The summed E-state index contributed by atoms with van der Waals surface area (Å²) in [6.45, 7) is 2.59. The summed E-state index contributed by atoms with van der Waals surface area (Å²) in [4.78, 5) is 25.9. The van der Waals surface area contributed by atoms with Crippen molar-refractivity contribution in [2.24, 2.45) is 5.41 Å². The molecule has 1 unspecified atom stereocenters. The normalized spacial score (nSPS) is 21.7. The van der Waals surface area contributed by atoms with E-state index in [1.54, 1.807) is 17.0 Å². The van der Waals surface area contributed by atoms with Crippen LogP contribution >= 0.6 is 11.6 Å². The summed E-state index contributed by atoms with van der Waals surface area (Å²) in [5.41, 5.74) is 0.199. The van der Waals surface area contributed by atoms with Gasteiger partial charge in [0.2, 0.25) is 0 Å². The zero-order valence-corrected chi connectivity index (χ0v) is 13.5. The van der Waals surface area contributed by atoms with Crippen molar-refractivity contribution in [3.05, 3.63) is 34.3 Å². The first-order chi connectivity index (χ1) is 10.4. The van der Waals surface area contributed by atoms with Crippen LogP contribution in [0.15, 0.2) is 18.2 Å². The van der Waals surface area contributed by atoms with Gasteiger partial charge in [-0.2, -0.15) is 0 Å². The van der Waals surface area contributed by atoms with E-state index in [2.05, 4.69) is 0 Å². The van der Waals surface area contributed by atoms with Crippen LogP contribution in [0.2, 0.25) is 5.02 Å². The minimum absolute atomic E-state index is 0.0909. The number of amides is 1. The molecular formula is C16H20ClNO4. The lowest BCUT2D eigenvalue weighted by Crippen LogP contribution is -2.52. The van der Waals surface area contributed by atoms with Crippen molar-refractivity contribution in [1.29, 1.82) is 0 Å². The Morgan fingerprint density at radius 3 is 2.82 bits per heavy atom. The van der Waals surface area contributed by atoms with Gasteiger partial charge in [-0.3, -0.25) is 9.59 Å². The monoisotopic (exact) mass is 325 g/mol. The highest BCUT2D eigenvalue weighted by molar-refractivity contribution is 6.34. The van der Waals surface area contributed by atoms with E-state index < -0.39 is 11.4 Å². The van der Waals surface area contributed by atoms with E-state index in [9.17, 15) is 14.7 Å². The highest BCUT2D eigenvalue weighted by atomic mass is 35.5.